The highest BCUT2D eigenvalue weighted by molar-refractivity contribution is 5.74. The van der Waals surface area contributed by atoms with Gasteiger partial charge in [-0.3, -0.25) is 0 Å². The van der Waals surface area contributed by atoms with Crippen molar-refractivity contribution in [3.63, 3.8) is 0 Å². The molecule has 2 N–H and O–H groups in total. The van der Waals surface area contributed by atoms with Gasteiger partial charge in [-0.2, -0.15) is 0 Å². The lowest BCUT2D eigenvalue weighted by Crippen LogP contribution is -2.35. The van der Waals surface area contributed by atoms with Gasteiger partial charge in [0.25, 0.3) is 0 Å². The Morgan fingerprint density at radius 1 is 1.04 bits per heavy atom. The number of carbonyl (C=O) groups excluding carboxylic acids is 1. The first-order chi connectivity index (χ1) is 12.1. The number of amides is 2. The number of methoxy groups -OCH3 is 1. The molecule has 0 aliphatic carbocycles. The summed E-state index contributed by atoms with van der Waals surface area (Å²) in [6.07, 6.45) is 0. The lowest BCUT2D eigenvalue weighted by atomic mass is 10.2. The summed E-state index contributed by atoms with van der Waals surface area (Å²) in [5.74, 6) is 6.76. The van der Waals surface area contributed by atoms with E-state index < -0.39 is 0 Å². The molecule has 25 heavy (non-hydrogen) atoms. The number of urea groups is 1. The summed E-state index contributed by atoms with van der Waals surface area (Å²) in [4.78, 5) is 13.8. The summed E-state index contributed by atoms with van der Waals surface area (Å²) < 4.78 is 5.10. The van der Waals surface area contributed by atoms with E-state index in [-0.39, 0.29) is 6.03 Å². The molecular weight excluding hydrogens is 314 g/mol. The number of ether oxygens (including phenoxy) is 1. The van der Waals surface area contributed by atoms with Crippen molar-refractivity contribution in [2.24, 2.45) is 0 Å². The van der Waals surface area contributed by atoms with Crippen LogP contribution in [0, 0.1) is 11.8 Å². The molecule has 0 spiro atoms. The summed E-state index contributed by atoms with van der Waals surface area (Å²) in [7, 11) is 5.61. The molecule has 0 aliphatic rings. The number of carbonyl (C=O) groups is 1. The molecule has 0 fully saturated rings. The Bertz CT molecular complexity index is 741. The summed E-state index contributed by atoms with van der Waals surface area (Å²) in [5.41, 5.74) is 3.05. The van der Waals surface area contributed by atoms with Gasteiger partial charge in [-0.05, 0) is 42.0 Å². The highest BCUT2D eigenvalue weighted by Gasteiger charge is 1.99. The summed E-state index contributed by atoms with van der Waals surface area (Å²) in [6, 6.07) is 15.3. The molecule has 2 amide bonds. The molecule has 0 saturated carbocycles. The molecule has 5 heteroatoms. The number of benzene rings is 2. The molecule has 0 saturated heterocycles. The third-order valence-corrected chi connectivity index (χ3v) is 3.57. The van der Waals surface area contributed by atoms with Gasteiger partial charge >= 0.3 is 6.03 Å². The highest BCUT2D eigenvalue weighted by atomic mass is 16.5. The van der Waals surface area contributed by atoms with Crippen molar-refractivity contribution in [3.05, 3.63) is 59.7 Å². The number of nitrogens with one attached hydrogen (secondary N) is 2. The Kier molecular flexibility index (Phi) is 6.73. The van der Waals surface area contributed by atoms with Crippen molar-refractivity contribution < 1.29 is 9.53 Å². The Hall–Kier alpha value is -3.13. The number of anilines is 1. The van der Waals surface area contributed by atoms with E-state index in [1.54, 1.807) is 7.11 Å². The zero-order chi connectivity index (χ0) is 18.1. The van der Waals surface area contributed by atoms with Gasteiger partial charge in [0, 0.05) is 31.9 Å². The Morgan fingerprint density at radius 2 is 1.72 bits per heavy atom. The van der Waals surface area contributed by atoms with Crippen LogP contribution in [0.1, 0.15) is 11.1 Å². The minimum Gasteiger partial charge on any atom is -0.497 e. The summed E-state index contributed by atoms with van der Waals surface area (Å²) >= 11 is 0. The molecule has 2 aromatic carbocycles. The second-order valence-electron chi connectivity index (χ2n) is 5.63. The second-order valence-corrected chi connectivity index (χ2v) is 5.63. The minimum absolute atomic E-state index is 0.243. The van der Waals surface area contributed by atoms with Gasteiger partial charge < -0.3 is 20.3 Å². The van der Waals surface area contributed by atoms with Gasteiger partial charge in [0.1, 0.15) is 5.75 Å². The van der Waals surface area contributed by atoms with Crippen LogP contribution in [0.2, 0.25) is 0 Å². The summed E-state index contributed by atoms with van der Waals surface area (Å²) in [6.45, 7) is 0.749. The van der Waals surface area contributed by atoms with Gasteiger partial charge in [0.15, 0.2) is 0 Å². The zero-order valence-electron chi connectivity index (χ0n) is 14.8. The van der Waals surface area contributed by atoms with E-state index >= 15 is 0 Å². The van der Waals surface area contributed by atoms with Crippen LogP contribution in [0.25, 0.3) is 0 Å². The average molecular weight is 337 g/mol. The molecule has 0 atom stereocenters. The Balaban J connectivity index is 1.73. The predicted molar refractivity (Wildman–Crippen MR) is 101 cm³/mol. The molecule has 2 rings (SSSR count). The van der Waals surface area contributed by atoms with E-state index in [1.807, 2.05) is 67.5 Å². The van der Waals surface area contributed by atoms with Crippen LogP contribution in [0.5, 0.6) is 5.75 Å². The lowest BCUT2D eigenvalue weighted by molar-refractivity contribution is 0.241. The van der Waals surface area contributed by atoms with Gasteiger partial charge in [-0.15, -0.1) is 0 Å². The van der Waals surface area contributed by atoms with Crippen LogP contribution in [0.3, 0.4) is 0 Å². The maximum absolute atomic E-state index is 11.8. The maximum atomic E-state index is 11.8. The first kappa shape index (κ1) is 18.2. The zero-order valence-corrected chi connectivity index (χ0v) is 14.8. The van der Waals surface area contributed by atoms with Crippen LogP contribution in [-0.4, -0.2) is 33.8 Å². The fourth-order valence-corrected chi connectivity index (χ4v) is 2.10. The molecular formula is C20H23N3O2. The lowest BCUT2D eigenvalue weighted by Gasteiger charge is -2.11. The van der Waals surface area contributed by atoms with Crippen molar-refractivity contribution in [1.29, 1.82) is 0 Å². The maximum Gasteiger partial charge on any atom is 0.315 e. The number of nitrogens with zero attached hydrogens (tertiary/aromatic N) is 1. The number of rotatable bonds is 5. The smallest absolute Gasteiger partial charge is 0.315 e. The van der Waals surface area contributed by atoms with Crippen molar-refractivity contribution >= 4 is 11.7 Å². The van der Waals surface area contributed by atoms with E-state index in [0.29, 0.717) is 13.1 Å². The van der Waals surface area contributed by atoms with E-state index in [1.165, 1.54) is 0 Å². The number of hydrogen-bond donors (Lipinski definition) is 2. The fraction of sp³-hybridized carbons (Fsp3) is 0.250. The van der Waals surface area contributed by atoms with Crippen molar-refractivity contribution in [1.82, 2.24) is 10.6 Å². The molecule has 5 nitrogen and oxygen atoms in total. The van der Waals surface area contributed by atoms with Crippen molar-refractivity contribution in [2.45, 2.75) is 6.54 Å². The molecule has 130 valence electrons. The molecule has 0 unspecified atom stereocenters. The van der Waals surface area contributed by atoms with Crippen LogP contribution in [0.4, 0.5) is 10.5 Å². The van der Waals surface area contributed by atoms with E-state index in [4.69, 9.17) is 4.74 Å². The van der Waals surface area contributed by atoms with E-state index in [2.05, 4.69) is 22.5 Å². The highest BCUT2D eigenvalue weighted by Crippen LogP contribution is 2.11. The quantitative estimate of drug-likeness (QED) is 0.825. The predicted octanol–water partition coefficient (Wildman–Crippen LogP) is 2.61. The topological polar surface area (TPSA) is 53.6 Å². The molecule has 0 aromatic heterocycles. The van der Waals surface area contributed by atoms with Gasteiger partial charge in [-0.1, -0.05) is 24.0 Å². The Morgan fingerprint density at radius 3 is 2.32 bits per heavy atom. The fourth-order valence-electron chi connectivity index (χ4n) is 2.10. The average Bonchev–Trinajstić information content (AvgIpc) is 2.64. The first-order valence-corrected chi connectivity index (χ1v) is 7.99. The second kappa shape index (κ2) is 9.24. The first-order valence-electron chi connectivity index (χ1n) is 7.99. The molecule has 0 heterocycles. The van der Waals surface area contributed by atoms with Gasteiger partial charge in [0.2, 0.25) is 0 Å². The minimum atomic E-state index is -0.243. The molecule has 0 radical (unpaired) electrons. The third kappa shape index (κ3) is 6.11. The van der Waals surface area contributed by atoms with Crippen LogP contribution in [-0.2, 0) is 6.54 Å². The van der Waals surface area contributed by atoms with Crippen molar-refractivity contribution in [3.8, 4) is 17.6 Å². The van der Waals surface area contributed by atoms with Crippen LogP contribution in [0.15, 0.2) is 48.5 Å². The Labute approximate surface area is 149 Å². The van der Waals surface area contributed by atoms with Crippen molar-refractivity contribution in [2.75, 3.05) is 32.6 Å². The van der Waals surface area contributed by atoms with E-state index in [0.717, 1.165) is 22.6 Å². The molecule has 0 aliphatic heterocycles. The monoisotopic (exact) mass is 337 g/mol. The molecule has 0 bridgehead atoms. The SMILES string of the molecule is COc1ccc(CNC(=O)NCC#Cc2ccc(N(C)C)cc2)cc1. The van der Waals surface area contributed by atoms with Crippen LogP contribution < -0.4 is 20.3 Å². The van der Waals surface area contributed by atoms with Gasteiger partial charge in [-0.25, -0.2) is 4.79 Å². The van der Waals surface area contributed by atoms with E-state index in [9.17, 15) is 4.79 Å². The van der Waals surface area contributed by atoms with Crippen LogP contribution >= 0.6 is 0 Å². The standard InChI is InChI=1S/C20H23N3O2/c1-23(2)18-10-6-16(7-11-18)5-4-14-21-20(24)22-15-17-8-12-19(25-3)13-9-17/h6-13H,14-15H2,1-3H3,(H2,21,22,24). The van der Waals surface area contributed by atoms with Gasteiger partial charge in [0.05, 0.1) is 13.7 Å². The largest absolute Gasteiger partial charge is 0.497 e. The third-order valence-electron chi connectivity index (χ3n) is 3.57. The molecule has 2 aromatic rings. The number of hydrogen-bond acceptors (Lipinski definition) is 3. The normalized spacial score (nSPS) is 9.56. The summed E-state index contributed by atoms with van der Waals surface area (Å²) in [5, 5.41) is 5.51.